The summed E-state index contributed by atoms with van der Waals surface area (Å²) < 4.78 is 0. The van der Waals surface area contributed by atoms with Crippen molar-refractivity contribution in [2.75, 3.05) is 0 Å². The number of nitrogens with zero attached hydrogens (tertiary/aromatic N) is 3. The monoisotopic (exact) mass is 350 g/mol. The van der Waals surface area contributed by atoms with Crippen LogP contribution < -0.4 is 5.32 Å². The second-order valence-corrected chi connectivity index (χ2v) is 8.79. The van der Waals surface area contributed by atoms with E-state index >= 15 is 0 Å². The number of hydrogen-bond acceptors (Lipinski definition) is 3. The van der Waals surface area contributed by atoms with Crippen LogP contribution in [-0.2, 0) is 13.1 Å². The predicted molar refractivity (Wildman–Crippen MR) is 103 cm³/mol. The largest absolute Gasteiger partial charge is 0.308 e. The molecule has 1 heterocycles. The van der Waals surface area contributed by atoms with Crippen LogP contribution in [0.4, 0.5) is 0 Å². The number of rotatable bonds is 6. The first kappa shape index (κ1) is 16.5. The molecule has 4 aliphatic carbocycles. The Bertz CT molecular complexity index is 723. The van der Waals surface area contributed by atoms with Crippen LogP contribution in [0, 0.1) is 23.7 Å². The molecular weight excluding hydrogens is 320 g/mol. The van der Waals surface area contributed by atoms with Crippen molar-refractivity contribution >= 4 is 0 Å². The molecule has 4 aliphatic rings. The number of aromatic nitrogens is 3. The van der Waals surface area contributed by atoms with Gasteiger partial charge in [-0.1, -0.05) is 37.3 Å². The average molecular weight is 351 g/mol. The molecule has 0 saturated heterocycles. The third-order valence-electron chi connectivity index (χ3n) is 6.93. The van der Waals surface area contributed by atoms with E-state index in [2.05, 4.69) is 42.6 Å². The second kappa shape index (κ2) is 6.80. The molecule has 4 fully saturated rings. The topological polar surface area (TPSA) is 42.7 Å². The van der Waals surface area contributed by atoms with Gasteiger partial charge in [0.2, 0.25) is 0 Å². The molecule has 0 amide bonds. The molecular formula is C22H30N4. The Morgan fingerprint density at radius 2 is 1.65 bits per heavy atom. The van der Waals surface area contributed by atoms with Crippen molar-refractivity contribution in [3.8, 4) is 11.3 Å². The zero-order valence-corrected chi connectivity index (χ0v) is 15.8. The number of nitrogens with one attached hydrogen (secondary N) is 1. The van der Waals surface area contributed by atoms with Gasteiger partial charge in [0.25, 0.3) is 0 Å². The van der Waals surface area contributed by atoms with Crippen LogP contribution in [-0.4, -0.2) is 21.0 Å². The molecule has 1 N–H and O–H groups in total. The molecule has 4 nitrogen and oxygen atoms in total. The summed E-state index contributed by atoms with van der Waals surface area (Å²) in [4.78, 5) is 1.89. The maximum atomic E-state index is 4.82. The molecule has 1 aromatic heterocycles. The first-order valence-corrected chi connectivity index (χ1v) is 10.5. The van der Waals surface area contributed by atoms with Crippen molar-refractivity contribution in [3.05, 3.63) is 36.0 Å². The number of hydrogen-bond donors (Lipinski definition) is 1. The Kier molecular flexibility index (Phi) is 4.32. The molecule has 4 bridgehead atoms. The van der Waals surface area contributed by atoms with Gasteiger partial charge in [0.15, 0.2) is 0 Å². The Labute approximate surface area is 156 Å². The molecule has 0 spiro atoms. The summed E-state index contributed by atoms with van der Waals surface area (Å²) in [6, 6.07) is 11.2. The van der Waals surface area contributed by atoms with Crippen LogP contribution in [0.15, 0.2) is 30.3 Å². The van der Waals surface area contributed by atoms with Crippen molar-refractivity contribution in [1.82, 2.24) is 20.3 Å². The number of benzene rings is 1. The smallest absolute Gasteiger partial charge is 0.117 e. The van der Waals surface area contributed by atoms with Gasteiger partial charge in [0, 0.05) is 18.2 Å². The van der Waals surface area contributed by atoms with Crippen molar-refractivity contribution in [2.24, 2.45) is 23.7 Å². The molecule has 4 heteroatoms. The summed E-state index contributed by atoms with van der Waals surface area (Å²) in [6.45, 7) is 3.91. The van der Waals surface area contributed by atoms with E-state index in [4.69, 9.17) is 10.2 Å². The predicted octanol–water partition coefficient (Wildman–Crippen LogP) is 4.27. The van der Waals surface area contributed by atoms with Gasteiger partial charge in [-0.25, -0.2) is 0 Å². The van der Waals surface area contributed by atoms with E-state index in [0.717, 1.165) is 54.6 Å². The highest BCUT2D eigenvalue weighted by Gasteiger charge is 2.47. The lowest BCUT2D eigenvalue weighted by molar-refractivity contribution is -0.0143. The third-order valence-corrected chi connectivity index (χ3v) is 6.93. The molecule has 4 saturated carbocycles. The number of aryl methyl sites for hydroxylation is 1. The minimum absolute atomic E-state index is 0.697. The summed E-state index contributed by atoms with van der Waals surface area (Å²) in [5, 5.41) is 13.5. The van der Waals surface area contributed by atoms with E-state index in [9.17, 15) is 0 Å². The minimum atomic E-state index is 0.697. The molecule has 0 radical (unpaired) electrons. The van der Waals surface area contributed by atoms with E-state index in [-0.39, 0.29) is 0 Å². The molecule has 26 heavy (non-hydrogen) atoms. The van der Waals surface area contributed by atoms with E-state index in [1.807, 2.05) is 4.80 Å². The zero-order valence-electron chi connectivity index (χ0n) is 15.8. The third kappa shape index (κ3) is 2.98. The summed E-state index contributed by atoms with van der Waals surface area (Å²) >= 11 is 0. The molecule has 2 aromatic rings. The fourth-order valence-electron chi connectivity index (χ4n) is 6.09. The van der Waals surface area contributed by atoms with Gasteiger partial charge in [-0.05, 0) is 62.2 Å². The fraction of sp³-hybridized carbons (Fsp3) is 0.636. The lowest BCUT2D eigenvalue weighted by atomic mass is 9.54. The Balaban J connectivity index is 1.35. The standard InChI is InChI=1S/C22H30N4/c1-2-8-26-24-20(22(25-26)17-6-4-3-5-7-17)14-23-21-18-10-15-9-16(12-18)13-19(21)11-15/h3-7,15-16,18-19,21,23H,2,8-14H2,1H3. The molecule has 0 atom stereocenters. The van der Waals surface area contributed by atoms with Crippen LogP contribution in [0.2, 0.25) is 0 Å². The normalized spacial score (nSPS) is 32.3. The van der Waals surface area contributed by atoms with E-state index in [0.29, 0.717) is 6.04 Å². The summed E-state index contributed by atoms with van der Waals surface area (Å²) in [5.41, 5.74) is 3.34. The lowest BCUT2D eigenvalue weighted by Gasteiger charge is -2.54. The lowest BCUT2D eigenvalue weighted by Crippen LogP contribution is -2.54. The molecule has 6 rings (SSSR count). The van der Waals surface area contributed by atoms with Crippen molar-refractivity contribution in [3.63, 3.8) is 0 Å². The SMILES string of the molecule is CCCn1nc(CNC2C3CC4CC(C3)CC2C4)c(-c2ccccc2)n1. The van der Waals surface area contributed by atoms with Gasteiger partial charge in [0.1, 0.15) is 11.4 Å². The minimum Gasteiger partial charge on any atom is -0.308 e. The second-order valence-electron chi connectivity index (χ2n) is 8.79. The van der Waals surface area contributed by atoms with Crippen LogP contribution in [0.5, 0.6) is 0 Å². The highest BCUT2D eigenvalue weighted by molar-refractivity contribution is 5.60. The zero-order chi connectivity index (χ0) is 17.5. The quantitative estimate of drug-likeness (QED) is 0.846. The first-order chi connectivity index (χ1) is 12.8. The Hall–Kier alpha value is -1.68. The molecule has 0 aliphatic heterocycles. The highest BCUT2D eigenvalue weighted by Crippen LogP contribution is 2.53. The van der Waals surface area contributed by atoms with Gasteiger partial charge < -0.3 is 5.32 Å². The van der Waals surface area contributed by atoms with Crippen molar-refractivity contribution < 1.29 is 0 Å². The van der Waals surface area contributed by atoms with E-state index in [1.165, 1.54) is 37.7 Å². The van der Waals surface area contributed by atoms with Crippen LogP contribution in [0.3, 0.4) is 0 Å². The summed E-state index contributed by atoms with van der Waals surface area (Å²) in [5.74, 6) is 3.86. The van der Waals surface area contributed by atoms with Gasteiger partial charge >= 0.3 is 0 Å². The molecule has 1 aromatic carbocycles. The molecule has 138 valence electrons. The van der Waals surface area contributed by atoms with Gasteiger partial charge in [-0.15, -0.1) is 0 Å². The van der Waals surface area contributed by atoms with Gasteiger partial charge in [-0.2, -0.15) is 15.0 Å². The van der Waals surface area contributed by atoms with Gasteiger partial charge in [0.05, 0.1) is 6.54 Å². The van der Waals surface area contributed by atoms with Crippen LogP contribution in [0.25, 0.3) is 11.3 Å². The first-order valence-electron chi connectivity index (χ1n) is 10.5. The highest BCUT2D eigenvalue weighted by atomic mass is 15.5. The van der Waals surface area contributed by atoms with Crippen molar-refractivity contribution in [1.29, 1.82) is 0 Å². The maximum absolute atomic E-state index is 4.82. The fourth-order valence-corrected chi connectivity index (χ4v) is 6.09. The van der Waals surface area contributed by atoms with Crippen LogP contribution >= 0.6 is 0 Å². The Morgan fingerprint density at radius 3 is 2.31 bits per heavy atom. The Morgan fingerprint density at radius 1 is 0.962 bits per heavy atom. The average Bonchev–Trinajstić information content (AvgIpc) is 3.04. The summed E-state index contributed by atoms with van der Waals surface area (Å²) in [7, 11) is 0. The van der Waals surface area contributed by atoms with Crippen LogP contribution in [0.1, 0.15) is 51.1 Å². The molecule has 0 unspecified atom stereocenters. The van der Waals surface area contributed by atoms with Gasteiger partial charge in [-0.3, -0.25) is 0 Å². The summed E-state index contributed by atoms with van der Waals surface area (Å²) in [6.07, 6.45) is 8.41. The van der Waals surface area contributed by atoms with Crippen molar-refractivity contribution in [2.45, 2.75) is 64.6 Å². The van der Waals surface area contributed by atoms with E-state index < -0.39 is 0 Å². The van der Waals surface area contributed by atoms with E-state index in [1.54, 1.807) is 0 Å². The maximum Gasteiger partial charge on any atom is 0.117 e.